The van der Waals surface area contributed by atoms with Gasteiger partial charge in [-0.25, -0.2) is 4.79 Å². The summed E-state index contributed by atoms with van der Waals surface area (Å²) in [6.45, 7) is 2.01. The van der Waals surface area contributed by atoms with E-state index < -0.39 is 5.97 Å². The van der Waals surface area contributed by atoms with E-state index in [-0.39, 0.29) is 12.5 Å². The summed E-state index contributed by atoms with van der Waals surface area (Å²) in [5.41, 5.74) is 2.35. The third-order valence-corrected chi connectivity index (χ3v) is 3.33. The summed E-state index contributed by atoms with van der Waals surface area (Å²) in [6, 6.07) is 8.84. The molecule has 0 fully saturated rings. The largest absolute Gasteiger partial charge is 0.482 e. The highest BCUT2D eigenvalue weighted by molar-refractivity contribution is 5.92. The van der Waals surface area contributed by atoms with Crippen LogP contribution in [0.15, 0.2) is 30.3 Å². The molecule has 0 unspecified atom stereocenters. The third-order valence-electron chi connectivity index (χ3n) is 3.33. The molecule has 2 rings (SSSR count). The van der Waals surface area contributed by atoms with Gasteiger partial charge in [0.15, 0.2) is 6.61 Å². The van der Waals surface area contributed by atoms with Crippen molar-refractivity contribution < 1.29 is 19.4 Å². The predicted octanol–water partition coefficient (Wildman–Crippen LogP) is 1.16. The van der Waals surface area contributed by atoms with Gasteiger partial charge in [0.25, 0.3) is 5.91 Å². The van der Waals surface area contributed by atoms with E-state index in [0.29, 0.717) is 24.4 Å². The molecule has 2 N–H and O–H groups in total. The Kier molecular flexibility index (Phi) is 5.35. The number of rotatable bonds is 7. The highest BCUT2D eigenvalue weighted by Gasteiger charge is 2.10. The average molecular weight is 317 g/mol. The summed E-state index contributed by atoms with van der Waals surface area (Å²) in [5.74, 6) is -0.708. The van der Waals surface area contributed by atoms with Crippen LogP contribution in [0.3, 0.4) is 0 Å². The first-order valence-corrected chi connectivity index (χ1v) is 7.18. The number of aryl methyl sites for hydroxylation is 2. The number of aromatic nitrogens is 2. The number of aliphatic carboxylic acids is 1. The first kappa shape index (κ1) is 16.5. The van der Waals surface area contributed by atoms with Crippen LogP contribution in [0.25, 0.3) is 0 Å². The van der Waals surface area contributed by atoms with Gasteiger partial charge in [-0.15, -0.1) is 0 Å². The lowest BCUT2D eigenvalue weighted by molar-refractivity contribution is -0.139. The van der Waals surface area contributed by atoms with E-state index in [1.807, 2.05) is 19.1 Å². The van der Waals surface area contributed by atoms with Crippen LogP contribution in [-0.2, 0) is 18.3 Å². The van der Waals surface area contributed by atoms with Crippen molar-refractivity contribution in [3.8, 4) is 5.75 Å². The Hall–Kier alpha value is -2.83. The predicted molar refractivity (Wildman–Crippen MR) is 83.6 cm³/mol. The number of hydrogen-bond acceptors (Lipinski definition) is 4. The van der Waals surface area contributed by atoms with Crippen molar-refractivity contribution in [2.24, 2.45) is 7.05 Å². The van der Waals surface area contributed by atoms with Crippen LogP contribution in [0.4, 0.5) is 0 Å². The smallest absolute Gasteiger partial charge is 0.341 e. The van der Waals surface area contributed by atoms with Gasteiger partial charge in [-0.1, -0.05) is 12.1 Å². The number of carboxylic acids is 1. The molecule has 1 heterocycles. The molecule has 122 valence electrons. The quantitative estimate of drug-likeness (QED) is 0.799. The van der Waals surface area contributed by atoms with Crippen LogP contribution in [0.5, 0.6) is 5.75 Å². The van der Waals surface area contributed by atoms with Crippen molar-refractivity contribution in [3.63, 3.8) is 0 Å². The van der Waals surface area contributed by atoms with Gasteiger partial charge in [-0.3, -0.25) is 9.48 Å². The van der Waals surface area contributed by atoms with Crippen LogP contribution < -0.4 is 10.1 Å². The molecule has 0 atom stereocenters. The molecular formula is C16H19N3O4. The number of carboxylic acid groups (broad SMARTS) is 1. The molecule has 0 aliphatic rings. The highest BCUT2D eigenvalue weighted by Crippen LogP contribution is 2.12. The number of ether oxygens (including phenoxy) is 1. The second kappa shape index (κ2) is 7.44. The molecule has 1 amide bonds. The molecular weight excluding hydrogens is 298 g/mol. The number of carbonyl (C=O) groups excluding carboxylic acids is 1. The van der Waals surface area contributed by atoms with Gasteiger partial charge in [0.1, 0.15) is 11.4 Å². The number of benzene rings is 1. The van der Waals surface area contributed by atoms with E-state index in [2.05, 4.69) is 10.4 Å². The minimum absolute atomic E-state index is 0.199. The molecule has 0 radical (unpaired) electrons. The SMILES string of the molecule is Cc1cc(C(=O)NCCc2ccc(OCC(=O)O)cc2)nn1C. The zero-order valence-electron chi connectivity index (χ0n) is 13.1. The van der Waals surface area contributed by atoms with Crippen molar-refractivity contribution in [1.82, 2.24) is 15.1 Å². The third kappa shape index (κ3) is 4.84. The van der Waals surface area contributed by atoms with Crippen LogP contribution in [0.2, 0.25) is 0 Å². The molecule has 0 spiro atoms. The minimum Gasteiger partial charge on any atom is -0.482 e. The Morgan fingerprint density at radius 3 is 2.57 bits per heavy atom. The van der Waals surface area contributed by atoms with E-state index in [1.54, 1.807) is 29.9 Å². The Balaban J connectivity index is 1.79. The normalized spacial score (nSPS) is 10.3. The lowest BCUT2D eigenvalue weighted by Crippen LogP contribution is -2.26. The molecule has 0 saturated heterocycles. The van der Waals surface area contributed by atoms with Crippen molar-refractivity contribution >= 4 is 11.9 Å². The highest BCUT2D eigenvalue weighted by atomic mass is 16.5. The molecule has 23 heavy (non-hydrogen) atoms. The van der Waals surface area contributed by atoms with Gasteiger partial charge >= 0.3 is 5.97 Å². The molecule has 0 aliphatic carbocycles. The van der Waals surface area contributed by atoms with Crippen LogP contribution in [0.1, 0.15) is 21.7 Å². The van der Waals surface area contributed by atoms with Crippen LogP contribution in [0, 0.1) is 6.92 Å². The standard InChI is InChI=1S/C16H19N3O4/c1-11-9-14(18-19(11)2)16(22)17-8-7-12-3-5-13(6-4-12)23-10-15(20)21/h3-6,9H,7-8,10H2,1-2H3,(H,17,22)(H,20,21). The van der Waals surface area contributed by atoms with Gasteiger partial charge in [0.05, 0.1) is 0 Å². The van der Waals surface area contributed by atoms with E-state index in [0.717, 1.165) is 11.3 Å². The Morgan fingerprint density at radius 1 is 1.30 bits per heavy atom. The summed E-state index contributed by atoms with van der Waals surface area (Å²) in [6.07, 6.45) is 0.663. The Morgan fingerprint density at radius 2 is 2.00 bits per heavy atom. The topological polar surface area (TPSA) is 93.4 Å². The maximum atomic E-state index is 11.9. The first-order chi connectivity index (χ1) is 11.0. The van der Waals surface area contributed by atoms with Gasteiger partial charge in [-0.05, 0) is 37.1 Å². The minimum atomic E-state index is -1.01. The van der Waals surface area contributed by atoms with Crippen molar-refractivity contribution in [3.05, 3.63) is 47.3 Å². The summed E-state index contributed by atoms with van der Waals surface area (Å²) >= 11 is 0. The molecule has 1 aromatic heterocycles. The molecule has 0 aliphatic heterocycles. The Labute approximate surface area is 133 Å². The fourth-order valence-electron chi connectivity index (χ4n) is 1.98. The van der Waals surface area contributed by atoms with Gasteiger partial charge in [0.2, 0.25) is 0 Å². The first-order valence-electron chi connectivity index (χ1n) is 7.18. The van der Waals surface area contributed by atoms with Crippen molar-refractivity contribution in [2.75, 3.05) is 13.2 Å². The molecule has 2 aromatic rings. The molecule has 1 aromatic carbocycles. The Bertz CT molecular complexity index is 672. The van der Waals surface area contributed by atoms with E-state index in [1.165, 1.54) is 0 Å². The number of nitrogens with zero attached hydrogens (tertiary/aromatic N) is 2. The molecule has 0 bridgehead atoms. The molecule has 7 nitrogen and oxygen atoms in total. The lowest BCUT2D eigenvalue weighted by Gasteiger charge is -2.06. The summed E-state index contributed by atoms with van der Waals surface area (Å²) in [4.78, 5) is 22.4. The molecule has 0 saturated carbocycles. The van der Waals surface area contributed by atoms with Crippen molar-refractivity contribution in [2.45, 2.75) is 13.3 Å². The fourth-order valence-corrected chi connectivity index (χ4v) is 1.98. The van der Waals surface area contributed by atoms with Crippen LogP contribution in [-0.4, -0.2) is 39.9 Å². The van der Waals surface area contributed by atoms with Crippen molar-refractivity contribution in [1.29, 1.82) is 0 Å². The van der Waals surface area contributed by atoms with E-state index in [4.69, 9.17) is 9.84 Å². The average Bonchev–Trinajstić information content (AvgIpc) is 2.86. The van der Waals surface area contributed by atoms with Gasteiger partial charge in [-0.2, -0.15) is 5.10 Å². The monoisotopic (exact) mass is 317 g/mol. The van der Waals surface area contributed by atoms with Gasteiger partial charge < -0.3 is 15.2 Å². The number of hydrogen-bond donors (Lipinski definition) is 2. The van der Waals surface area contributed by atoms with Gasteiger partial charge in [0, 0.05) is 19.3 Å². The second-order valence-corrected chi connectivity index (χ2v) is 5.13. The van der Waals surface area contributed by atoms with E-state index >= 15 is 0 Å². The number of nitrogens with one attached hydrogen (secondary N) is 1. The number of amides is 1. The van der Waals surface area contributed by atoms with E-state index in [9.17, 15) is 9.59 Å². The maximum absolute atomic E-state index is 11.9. The fraction of sp³-hybridized carbons (Fsp3) is 0.312. The summed E-state index contributed by atoms with van der Waals surface area (Å²) in [5, 5.41) is 15.5. The second-order valence-electron chi connectivity index (χ2n) is 5.13. The zero-order valence-corrected chi connectivity index (χ0v) is 13.1. The zero-order chi connectivity index (χ0) is 16.8. The summed E-state index contributed by atoms with van der Waals surface area (Å²) < 4.78 is 6.71. The lowest BCUT2D eigenvalue weighted by atomic mass is 10.1. The maximum Gasteiger partial charge on any atom is 0.341 e. The molecule has 7 heteroatoms. The van der Waals surface area contributed by atoms with Crippen LogP contribution >= 0.6 is 0 Å². The number of carbonyl (C=O) groups is 2. The summed E-state index contributed by atoms with van der Waals surface area (Å²) in [7, 11) is 1.79.